The summed E-state index contributed by atoms with van der Waals surface area (Å²) in [4.78, 5) is 19.3. The lowest BCUT2D eigenvalue weighted by Crippen LogP contribution is -2.41. The predicted molar refractivity (Wildman–Crippen MR) is 111 cm³/mol. The maximum absolute atomic E-state index is 12.9. The zero-order valence-corrected chi connectivity index (χ0v) is 17.1. The van der Waals surface area contributed by atoms with Crippen LogP contribution in [-0.2, 0) is 0 Å². The first-order valence-corrected chi connectivity index (χ1v) is 10.0. The smallest absolute Gasteiger partial charge is 0.253 e. The van der Waals surface area contributed by atoms with Gasteiger partial charge in [-0.25, -0.2) is 9.50 Å². The van der Waals surface area contributed by atoms with Crippen molar-refractivity contribution in [2.45, 2.75) is 40.5 Å². The molecule has 0 bridgehead atoms. The van der Waals surface area contributed by atoms with Gasteiger partial charge in [-0.1, -0.05) is 39.0 Å². The molecule has 0 unspecified atom stereocenters. The lowest BCUT2D eigenvalue weighted by atomic mass is 9.75. The normalized spacial score (nSPS) is 15.9. The van der Waals surface area contributed by atoms with Gasteiger partial charge in [0, 0.05) is 24.2 Å². The fraction of sp³-hybridized carbons (Fsp3) is 0.435. The molecule has 2 aromatic heterocycles. The van der Waals surface area contributed by atoms with E-state index >= 15 is 0 Å². The van der Waals surface area contributed by atoms with Crippen LogP contribution in [0.25, 0.3) is 16.9 Å². The maximum atomic E-state index is 12.9. The molecular formula is C23H28N4O. The van der Waals surface area contributed by atoms with Crippen molar-refractivity contribution in [3.63, 3.8) is 0 Å². The van der Waals surface area contributed by atoms with E-state index in [4.69, 9.17) is 0 Å². The van der Waals surface area contributed by atoms with Gasteiger partial charge in [0.25, 0.3) is 5.91 Å². The van der Waals surface area contributed by atoms with Gasteiger partial charge in [0.05, 0.1) is 5.69 Å². The van der Waals surface area contributed by atoms with Crippen LogP contribution < -0.4 is 0 Å². The molecule has 1 saturated heterocycles. The minimum atomic E-state index is 0.133. The topological polar surface area (TPSA) is 50.5 Å². The zero-order valence-electron chi connectivity index (χ0n) is 17.1. The van der Waals surface area contributed by atoms with Crippen LogP contribution in [0.5, 0.6) is 0 Å². The van der Waals surface area contributed by atoms with E-state index in [2.05, 4.69) is 30.9 Å². The zero-order chi connectivity index (χ0) is 19.9. The number of aromatic nitrogens is 3. The van der Waals surface area contributed by atoms with Crippen molar-refractivity contribution in [1.82, 2.24) is 19.5 Å². The summed E-state index contributed by atoms with van der Waals surface area (Å²) in [5.74, 6) is 1.57. The first kappa shape index (κ1) is 18.7. The summed E-state index contributed by atoms with van der Waals surface area (Å²) in [7, 11) is 0. The molecule has 5 heteroatoms. The Morgan fingerprint density at radius 3 is 2.36 bits per heavy atom. The van der Waals surface area contributed by atoms with E-state index in [-0.39, 0.29) is 5.91 Å². The second kappa shape index (κ2) is 7.04. The molecule has 3 aromatic rings. The van der Waals surface area contributed by atoms with Gasteiger partial charge in [-0.05, 0) is 55.4 Å². The average Bonchev–Trinajstić information content (AvgIpc) is 3.07. The number of pyridine rings is 1. The van der Waals surface area contributed by atoms with Gasteiger partial charge in [-0.15, -0.1) is 0 Å². The largest absolute Gasteiger partial charge is 0.339 e. The second-order valence-corrected chi connectivity index (χ2v) is 8.85. The van der Waals surface area contributed by atoms with Crippen LogP contribution >= 0.6 is 0 Å². The summed E-state index contributed by atoms with van der Waals surface area (Å²) in [6.07, 6.45) is 2.17. The van der Waals surface area contributed by atoms with Gasteiger partial charge in [-0.3, -0.25) is 4.79 Å². The number of carbonyl (C=O) groups is 1. The molecule has 0 aliphatic carbocycles. The molecule has 0 saturated carbocycles. The molecule has 0 radical (unpaired) electrons. The number of likely N-dealkylation sites (tertiary alicyclic amines) is 1. The number of piperidine rings is 1. The maximum Gasteiger partial charge on any atom is 0.253 e. The molecule has 1 aliphatic heterocycles. The predicted octanol–water partition coefficient (Wildman–Crippen LogP) is 4.60. The van der Waals surface area contributed by atoms with Crippen LogP contribution in [0.15, 0.2) is 42.5 Å². The summed E-state index contributed by atoms with van der Waals surface area (Å²) in [5, 5.41) is 4.48. The highest BCUT2D eigenvalue weighted by atomic mass is 16.2. The Morgan fingerprint density at radius 2 is 1.71 bits per heavy atom. The van der Waals surface area contributed by atoms with Crippen LogP contribution in [0.2, 0.25) is 0 Å². The van der Waals surface area contributed by atoms with Crippen LogP contribution in [0, 0.1) is 18.3 Å². The molecule has 1 amide bonds. The van der Waals surface area contributed by atoms with Gasteiger partial charge in [-0.2, -0.15) is 5.10 Å². The van der Waals surface area contributed by atoms with Crippen LogP contribution in [0.4, 0.5) is 0 Å². The molecule has 1 aliphatic rings. The Morgan fingerprint density at radius 1 is 1.04 bits per heavy atom. The van der Waals surface area contributed by atoms with Crippen molar-refractivity contribution in [1.29, 1.82) is 0 Å². The third kappa shape index (κ3) is 3.53. The fourth-order valence-corrected chi connectivity index (χ4v) is 4.15. The van der Waals surface area contributed by atoms with Crippen molar-refractivity contribution >= 4 is 11.6 Å². The van der Waals surface area contributed by atoms with Crippen molar-refractivity contribution in [2.75, 3.05) is 13.1 Å². The molecule has 1 aromatic carbocycles. The first-order valence-electron chi connectivity index (χ1n) is 10.0. The van der Waals surface area contributed by atoms with Crippen LogP contribution in [0.1, 0.15) is 49.8 Å². The van der Waals surface area contributed by atoms with E-state index in [1.165, 1.54) is 0 Å². The molecular weight excluding hydrogens is 348 g/mol. The third-order valence-electron chi connectivity index (χ3n) is 5.90. The third-order valence-corrected chi connectivity index (χ3v) is 5.90. The highest BCUT2D eigenvalue weighted by Gasteiger charge is 2.30. The van der Waals surface area contributed by atoms with Gasteiger partial charge >= 0.3 is 0 Å². The lowest BCUT2D eigenvalue weighted by molar-refractivity contribution is 0.0609. The summed E-state index contributed by atoms with van der Waals surface area (Å²) >= 11 is 0. The number of amides is 1. The van der Waals surface area contributed by atoms with E-state index in [0.29, 0.717) is 11.3 Å². The Labute approximate surface area is 166 Å². The standard InChI is InChI=1S/C23H28N4O/c1-16-24-21-7-5-6-20(27(21)25-16)17-8-10-18(11-9-17)22(28)26-14-12-19(13-15-26)23(2,3)4/h5-11,19H,12-15H2,1-4H3. The second-order valence-electron chi connectivity index (χ2n) is 8.85. The quantitative estimate of drug-likeness (QED) is 0.657. The van der Waals surface area contributed by atoms with Crippen molar-refractivity contribution in [3.05, 3.63) is 53.9 Å². The highest BCUT2D eigenvalue weighted by molar-refractivity contribution is 5.94. The molecule has 0 atom stereocenters. The highest BCUT2D eigenvalue weighted by Crippen LogP contribution is 2.34. The molecule has 3 heterocycles. The van der Waals surface area contributed by atoms with Gasteiger partial charge in [0.15, 0.2) is 5.65 Å². The van der Waals surface area contributed by atoms with Gasteiger partial charge in [0.2, 0.25) is 0 Å². The van der Waals surface area contributed by atoms with E-state index < -0.39 is 0 Å². The Kier molecular flexibility index (Phi) is 4.69. The SMILES string of the molecule is Cc1nc2cccc(-c3ccc(C(=O)N4CCC(C(C)(C)C)CC4)cc3)n2n1. The average molecular weight is 377 g/mol. The number of fused-ring (bicyclic) bond motifs is 1. The summed E-state index contributed by atoms with van der Waals surface area (Å²) in [5.41, 5.74) is 3.90. The van der Waals surface area contributed by atoms with Gasteiger partial charge in [0.1, 0.15) is 5.82 Å². The van der Waals surface area contributed by atoms with Crippen LogP contribution in [0.3, 0.4) is 0 Å². The minimum Gasteiger partial charge on any atom is -0.339 e. The monoisotopic (exact) mass is 376 g/mol. The van der Waals surface area contributed by atoms with Crippen molar-refractivity contribution < 1.29 is 4.79 Å². The number of hydrogen-bond donors (Lipinski definition) is 0. The van der Waals surface area contributed by atoms with E-state index in [0.717, 1.165) is 54.2 Å². The molecule has 5 nitrogen and oxygen atoms in total. The number of nitrogens with zero attached hydrogens (tertiary/aromatic N) is 4. The number of hydrogen-bond acceptors (Lipinski definition) is 3. The lowest BCUT2D eigenvalue weighted by Gasteiger charge is -2.38. The number of carbonyl (C=O) groups excluding carboxylic acids is 1. The number of benzene rings is 1. The summed E-state index contributed by atoms with van der Waals surface area (Å²) in [6, 6.07) is 13.8. The molecule has 1 fully saturated rings. The Hall–Kier alpha value is -2.69. The van der Waals surface area contributed by atoms with E-state index in [9.17, 15) is 4.79 Å². The number of rotatable bonds is 2. The van der Waals surface area contributed by atoms with Crippen LogP contribution in [-0.4, -0.2) is 38.5 Å². The molecule has 146 valence electrons. The molecule has 0 N–H and O–H groups in total. The molecule has 4 rings (SSSR count). The first-order chi connectivity index (χ1) is 13.3. The Bertz CT molecular complexity index is 990. The Balaban J connectivity index is 1.51. The van der Waals surface area contributed by atoms with Crippen molar-refractivity contribution in [2.24, 2.45) is 11.3 Å². The van der Waals surface area contributed by atoms with Crippen molar-refractivity contribution in [3.8, 4) is 11.3 Å². The van der Waals surface area contributed by atoms with Gasteiger partial charge < -0.3 is 4.90 Å². The van der Waals surface area contributed by atoms with E-state index in [1.54, 1.807) is 0 Å². The van der Waals surface area contributed by atoms with E-state index in [1.807, 2.05) is 58.8 Å². The minimum absolute atomic E-state index is 0.133. The molecule has 28 heavy (non-hydrogen) atoms. The number of aryl methyl sites for hydroxylation is 1. The fourth-order valence-electron chi connectivity index (χ4n) is 4.15. The molecule has 0 spiro atoms. The summed E-state index contributed by atoms with van der Waals surface area (Å²) in [6.45, 7) is 10.5. The summed E-state index contributed by atoms with van der Waals surface area (Å²) < 4.78 is 1.85.